The van der Waals surface area contributed by atoms with E-state index in [0.717, 1.165) is 211 Å². The molecular formula is C100H110N6O18. The summed E-state index contributed by atoms with van der Waals surface area (Å²) in [4.78, 5) is 96.1. The third-order valence-electron chi connectivity index (χ3n) is 26.0. The zero-order valence-electron chi connectivity index (χ0n) is 70.3. The second kappa shape index (κ2) is 40.2. The largest absolute Gasteiger partial charge is 0.492 e. The smallest absolute Gasteiger partial charge is 0.234 e. The molecule has 4 aliphatic heterocycles. The van der Waals surface area contributed by atoms with Gasteiger partial charge in [0.25, 0.3) is 0 Å². The Bertz CT molecular complexity index is 5160. The highest BCUT2D eigenvalue weighted by molar-refractivity contribution is 6.15. The van der Waals surface area contributed by atoms with Crippen LogP contribution in [0.25, 0.3) is 87.0 Å². The molecule has 24 nitrogen and oxygen atoms in total. The molecule has 8 heterocycles. The molecule has 4 aliphatic carbocycles. The summed E-state index contributed by atoms with van der Waals surface area (Å²) < 4.78 is 57.7. The lowest BCUT2D eigenvalue weighted by molar-refractivity contribution is -0.135. The monoisotopic (exact) mass is 1680 g/mol. The van der Waals surface area contributed by atoms with Gasteiger partial charge in [0.2, 0.25) is 23.6 Å². The number of furan rings is 4. The molecule has 8 fully saturated rings. The zero-order valence-corrected chi connectivity index (χ0v) is 70.3. The minimum atomic E-state index is -0.378. The van der Waals surface area contributed by atoms with Gasteiger partial charge in [0, 0.05) is 158 Å². The van der Waals surface area contributed by atoms with E-state index in [1.807, 2.05) is 97.1 Å². The van der Waals surface area contributed by atoms with Gasteiger partial charge in [-0.2, -0.15) is 0 Å². The van der Waals surface area contributed by atoms with Crippen LogP contribution in [0.1, 0.15) is 200 Å². The van der Waals surface area contributed by atoms with E-state index in [0.29, 0.717) is 102 Å². The number of amides is 4. The summed E-state index contributed by atoms with van der Waals surface area (Å²) >= 11 is 0. The molecule has 6 N–H and O–H groups in total. The van der Waals surface area contributed by atoms with Crippen molar-refractivity contribution in [2.75, 3.05) is 79.0 Å². The number of carbonyl (C=O) groups excluding carboxylic acids is 8. The molecule has 4 amide bonds. The molecule has 4 atom stereocenters. The third kappa shape index (κ3) is 20.3. The van der Waals surface area contributed by atoms with Gasteiger partial charge in [-0.25, -0.2) is 0 Å². The number of imide groups is 2. The van der Waals surface area contributed by atoms with E-state index in [-0.39, 0.29) is 83.3 Å². The molecule has 12 aromatic rings. The van der Waals surface area contributed by atoms with Crippen LogP contribution in [0.3, 0.4) is 0 Å². The molecular weight excluding hydrogens is 1570 g/mol. The molecule has 0 bridgehead atoms. The number of ether oxygens (including phenoxy) is 6. The van der Waals surface area contributed by atoms with Gasteiger partial charge in [-0.05, 0) is 217 Å². The molecule has 4 aromatic heterocycles. The topological polar surface area (TPSA) is 317 Å². The van der Waals surface area contributed by atoms with Gasteiger partial charge in [0.05, 0.1) is 49.7 Å². The van der Waals surface area contributed by atoms with Crippen molar-refractivity contribution in [3.8, 4) is 23.0 Å². The summed E-state index contributed by atoms with van der Waals surface area (Å²) in [6.45, 7) is 9.09. The molecule has 4 saturated heterocycles. The Morgan fingerprint density at radius 3 is 0.879 bits per heavy atom. The van der Waals surface area contributed by atoms with Gasteiger partial charge < -0.3 is 67.4 Å². The molecule has 0 radical (unpaired) electrons. The van der Waals surface area contributed by atoms with Crippen molar-refractivity contribution >= 4 is 134 Å². The number of hydrogen-bond acceptors (Lipinski definition) is 22. The predicted octanol–water partition coefficient (Wildman–Crippen LogP) is 17.1. The van der Waals surface area contributed by atoms with Crippen LogP contribution in [0.4, 0.5) is 0 Å². The average Bonchev–Trinajstić information content (AvgIpc) is 1.60. The maximum Gasteiger partial charge on any atom is 0.234 e. The van der Waals surface area contributed by atoms with E-state index < -0.39 is 0 Å². The normalized spacial score (nSPS) is 20.5. The first-order valence-corrected chi connectivity index (χ1v) is 44.9. The van der Waals surface area contributed by atoms with Crippen molar-refractivity contribution in [3.05, 3.63) is 169 Å². The number of nitrogens with one attached hydrogen (secondary N) is 6. The lowest BCUT2D eigenvalue weighted by atomic mass is 9.81. The summed E-state index contributed by atoms with van der Waals surface area (Å²) in [5.74, 6) is 1.19. The Labute approximate surface area is 718 Å². The maximum atomic E-state index is 12.5. The van der Waals surface area contributed by atoms with Gasteiger partial charge in [-0.15, -0.1) is 0 Å². The molecule has 4 saturated carbocycles. The number of hydrogen-bond donors (Lipinski definition) is 6. The van der Waals surface area contributed by atoms with Crippen LogP contribution in [-0.4, -0.2) is 150 Å². The molecule has 0 unspecified atom stereocenters. The van der Waals surface area contributed by atoms with Gasteiger partial charge in [0.1, 0.15) is 94.9 Å². The number of rotatable bonds is 24. The quantitative estimate of drug-likeness (QED) is 0.0186. The first-order valence-electron chi connectivity index (χ1n) is 44.9. The van der Waals surface area contributed by atoms with Crippen LogP contribution in [0, 0.1) is 0 Å². The van der Waals surface area contributed by atoms with Crippen LogP contribution in [-0.2, 0) is 47.8 Å². The van der Waals surface area contributed by atoms with Crippen molar-refractivity contribution in [2.24, 2.45) is 0 Å². The molecule has 124 heavy (non-hydrogen) atoms. The van der Waals surface area contributed by atoms with Gasteiger partial charge in [-0.3, -0.25) is 49.0 Å². The Balaban J connectivity index is 0.000000117. The number of ketones is 4. The Hall–Kier alpha value is -11.1. The van der Waals surface area contributed by atoms with E-state index >= 15 is 0 Å². The number of fused-ring (bicyclic) bond motifs is 12. The molecule has 8 aromatic carbocycles. The summed E-state index contributed by atoms with van der Waals surface area (Å²) in [6.07, 6.45) is 27.8. The Morgan fingerprint density at radius 1 is 0.306 bits per heavy atom. The minimum absolute atomic E-state index is 0.00127. The highest BCUT2D eigenvalue weighted by atomic mass is 16.5. The first kappa shape index (κ1) is 85.1. The van der Waals surface area contributed by atoms with E-state index in [4.69, 9.17) is 46.1 Å². The highest BCUT2D eigenvalue weighted by Gasteiger charge is 2.36. The third-order valence-corrected chi connectivity index (χ3v) is 26.0. The SMILES string of the molecule is O=C1CC[C@@H](c2coc3ccc4cc(OCCNC5CCCCC5)ccc4c23)C(=O)C1.O=C1CC[C@@H](c2coc3ccc4cc(OCCNC5CCOCC5)ccc4c23)C(=O)N1.O=C1CC[C@H](c2coc3ccc4cc(OCCNC5CCCCC5)ccc4c23)C(=O)C1.O=C1CC[C@H](c2coc3ccc4cc(OCCNC5CCOCC5)ccc4c23)C(=O)N1. The summed E-state index contributed by atoms with van der Waals surface area (Å²) in [5.41, 5.74) is 6.50. The van der Waals surface area contributed by atoms with Crippen LogP contribution >= 0.6 is 0 Å². The standard InChI is InChI=1S/2C26H29NO4.2C24H26N2O5/c2*28-19-7-9-22(24(29)15-19)23-16-31-25-11-6-17-14-20(8-10-21(17)26(23)25)30-13-12-27-18-4-2-1-3-5-18;2*27-22-6-4-19(24(28)26-22)20-14-31-21-5-1-15-13-17(2-3-18(15)23(20)21)30-12-9-25-16-7-10-29-11-8-16/h2*6,8,10-11,14,16,18,22,27H,1-5,7,9,12-13,15H2;2*1-3,5,13-14,16,19,25H,4,6-12H2,(H,26,27,28)/t2*22-;2*19-/m1010/s1. The van der Waals surface area contributed by atoms with E-state index in [1.54, 1.807) is 25.1 Å². The lowest BCUT2D eigenvalue weighted by Crippen LogP contribution is -2.39. The summed E-state index contributed by atoms with van der Waals surface area (Å²) in [6, 6.07) is 42.3. The second-order valence-electron chi connectivity index (χ2n) is 34.3. The molecule has 648 valence electrons. The average molecular weight is 1680 g/mol. The van der Waals surface area contributed by atoms with E-state index in [9.17, 15) is 38.4 Å². The minimum Gasteiger partial charge on any atom is -0.492 e. The van der Waals surface area contributed by atoms with Crippen LogP contribution in [0.15, 0.2) is 164 Å². The van der Waals surface area contributed by atoms with Gasteiger partial charge >= 0.3 is 0 Å². The van der Waals surface area contributed by atoms with Crippen molar-refractivity contribution in [1.29, 1.82) is 0 Å². The van der Waals surface area contributed by atoms with Gasteiger partial charge in [0.15, 0.2) is 0 Å². The highest BCUT2D eigenvalue weighted by Crippen LogP contribution is 2.44. The van der Waals surface area contributed by atoms with Crippen molar-refractivity contribution in [2.45, 2.75) is 202 Å². The molecule has 24 heteroatoms. The summed E-state index contributed by atoms with van der Waals surface area (Å²) in [7, 11) is 0. The second-order valence-corrected chi connectivity index (χ2v) is 34.3. The number of benzene rings is 8. The number of Topliss-reactive ketones (excluding diaryl/α,β-unsaturated/α-hetero) is 4. The maximum absolute atomic E-state index is 12.5. The number of carbonyl (C=O) groups is 8. The first-order chi connectivity index (χ1) is 60.7. The molecule has 8 aliphatic rings. The molecule has 20 rings (SSSR count). The Kier molecular flexibility index (Phi) is 27.6. The van der Waals surface area contributed by atoms with Crippen LogP contribution < -0.4 is 50.8 Å². The van der Waals surface area contributed by atoms with Gasteiger partial charge in [-0.1, -0.05) is 62.8 Å². The van der Waals surface area contributed by atoms with Crippen molar-refractivity contribution < 1.29 is 84.4 Å². The summed E-state index contributed by atoms with van der Waals surface area (Å²) in [5, 5.41) is 31.3. The van der Waals surface area contributed by atoms with E-state index in [1.165, 1.54) is 64.2 Å². The Morgan fingerprint density at radius 2 is 0.589 bits per heavy atom. The number of piperidine rings is 2. The predicted molar refractivity (Wildman–Crippen MR) is 474 cm³/mol. The van der Waals surface area contributed by atoms with Crippen LogP contribution in [0.5, 0.6) is 23.0 Å². The molecule has 0 spiro atoms. The fourth-order valence-corrected chi connectivity index (χ4v) is 19.4. The van der Waals surface area contributed by atoms with Crippen molar-refractivity contribution in [3.63, 3.8) is 0 Å². The fraction of sp³-hybridized carbons (Fsp3) is 0.440. The van der Waals surface area contributed by atoms with Crippen molar-refractivity contribution in [1.82, 2.24) is 31.9 Å². The van der Waals surface area contributed by atoms with E-state index in [2.05, 4.69) is 56.2 Å². The fourth-order valence-electron chi connectivity index (χ4n) is 19.4. The van der Waals surface area contributed by atoms with Crippen LogP contribution in [0.2, 0.25) is 0 Å². The lowest BCUT2D eigenvalue weighted by Gasteiger charge is -2.23. The zero-order chi connectivity index (χ0) is 84.8.